The second-order valence-corrected chi connectivity index (χ2v) is 5.17. The normalized spacial score (nSPS) is 10.3. The number of nitrogens with zero attached hydrogens (tertiary/aromatic N) is 2. The predicted molar refractivity (Wildman–Crippen MR) is 86.3 cm³/mol. The average molecular weight is 269 g/mol. The van der Waals surface area contributed by atoms with Crippen LogP contribution in [0.25, 0.3) is 0 Å². The van der Waals surface area contributed by atoms with Crippen LogP contribution >= 0.6 is 0 Å². The van der Waals surface area contributed by atoms with Crippen molar-refractivity contribution < 1.29 is 0 Å². The Balaban J connectivity index is 2.06. The fourth-order valence-electron chi connectivity index (χ4n) is 2.18. The molecular formula is C17H23N3. The van der Waals surface area contributed by atoms with Crippen LogP contribution in [-0.2, 0) is 6.54 Å². The summed E-state index contributed by atoms with van der Waals surface area (Å²) in [5, 5.41) is 3.32. The Hall–Kier alpha value is -2.03. The van der Waals surface area contributed by atoms with E-state index in [1.165, 1.54) is 16.8 Å². The van der Waals surface area contributed by atoms with E-state index in [4.69, 9.17) is 0 Å². The van der Waals surface area contributed by atoms with Crippen molar-refractivity contribution in [2.45, 2.75) is 26.8 Å². The molecule has 0 aliphatic heterocycles. The molecule has 0 aliphatic carbocycles. The second kappa shape index (κ2) is 6.94. The third-order valence-corrected chi connectivity index (χ3v) is 3.24. The van der Waals surface area contributed by atoms with Crippen LogP contribution in [0.4, 0.5) is 11.5 Å². The molecule has 0 bridgehead atoms. The van der Waals surface area contributed by atoms with E-state index in [-0.39, 0.29) is 0 Å². The van der Waals surface area contributed by atoms with E-state index in [0.29, 0.717) is 0 Å². The van der Waals surface area contributed by atoms with Crippen LogP contribution in [0.5, 0.6) is 0 Å². The maximum atomic E-state index is 4.34. The van der Waals surface area contributed by atoms with Gasteiger partial charge in [-0.25, -0.2) is 4.98 Å². The fraction of sp³-hybridized carbons (Fsp3) is 0.353. The number of hydrogen-bond acceptors (Lipinski definition) is 3. The summed E-state index contributed by atoms with van der Waals surface area (Å²) in [4.78, 5) is 6.59. The van der Waals surface area contributed by atoms with Gasteiger partial charge in [0.15, 0.2) is 0 Å². The van der Waals surface area contributed by atoms with Crippen molar-refractivity contribution in [2.24, 2.45) is 0 Å². The van der Waals surface area contributed by atoms with Crippen LogP contribution in [0.15, 0.2) is 42.6 Å². The smallest absolute Gasteiger partial charge is 0.127 e. The zero-order chi connectivity index (χ0) is 14.4. The number of anilines is 2. The Morgan fingerprint density at radius 1 is 1.20 bits per heavy atom. The Kier molecular flexibility index (Phi) is 4.99. The molecule has 3 nitrogen and oxygen atoms in total. The first-order chi connectivity index (χ1) is 9.69. The van der Waals surface area contributed by atoms with E-state index in [9.17, 15) is 0 Å². The van der Waals surface area contributed by atoms with E-state index in [0.717, 1.165) is 25.3 Å². The molecule has 3 heteroatoms. The van der Waals surface area contributed by atoms with Gasteiger partial charge < -0.3 is 10.2 Å². The number of pyridine rings is 1. The van der Waals surface area contributed by atoms with E-state index in [1.54, 1.807) is 0 Å². The lowest BCUT2D eigenvalue weighted by atomic mass is 10.1. The molecule has 20 heavy (non-hydrogen) atoms. The highest BCUT2D eigenvalue weighted by molar-refractivity contribution is 5.53. The van der Waals surface area contributed by atoms with Crippen LogP contribution in [-0.4, -0.2) is 18.6 Å². The van der Waals surface area contributed by atoms with Crippen molar-refractivity contribution in [1.82, 2.24) is 4.98 Å². The highest BCUT2D eigenvalue weighted by Crippen LogP contribution is 2.18. The lowest BCUT2D eigenvalue weighted by Gasteiger charge is -2.20. The summed E-state index contributed by atoms with van der Waals surface area (Å²) in [5.41, 5.74) is 3.81. The minimum absolute atomic E-state index is 0.902. The lowest BCUT2D eigenvalue weighted by molar-refractivity contribution is 0.916. The van der Waals surface area contributed by atoms with Gasteiger partial charge in [-0.05, 0) is 25.0 Å². The van der Waals surface area contributed by atoms with Gasteiger partial charge >= 0.3 is 0 Å². The number of rotatable bonds is 6. The van der Waals surface area contributed by atoms with Gasteiger partial charge in [-0.1, -0.05) is 36.8 Å². The Morgan fingerprint density at radius 2 is 2.05 bits per heavy atom. The van der Waals surface area contributed by atoms with Crippen molar-refractivity contribution in [1.29, 1.82) is 0 Å². The van der Waals surface area contributed by atoms with Crippen LogP contribution < -0.4 is 10.2 Å². The molecule has 0 fully saturated rings. The minimum atomic E-state index is 0.902. The van der Waals surface area contributed by atoms with E-state index >= 15 is 0 Å². The SMILES string of the molecule is CCCNc1cc(N(C)Cc2cccc(C)c2)ccn1. The summed E-state index contributed by atoms with van der Waals surface area (Å²) < 4.78 is 0. The first-order valence-corrected chi connectivity index (χ1v) is 7.15. The minimum Gasteiger partial charge on any atom is -0.370 e. The third-order valence-electron chi connectivity index (χ3n) is 3.24. The molecule has 1 heterocycles. The Morgan fingerprint density at radius 3 is 2.80 bits per heavy atom. The number of hydrogen-bond donors (Lipinski definition) is 1. The second-order valence-electron chi connectivity index (χ2n) is 5.17. The molecule has 0 amide bonds. The van der Waals surface area contributed by atoms with Crippen LogP contribution in [0.1, 0.15) is 24.5 Å². The molecule has 0 saturated heterocycles. The zero-order valence-electron chi connectivity index (χ0n) is 12.6. The van der Waals surface area contributed by atoms with E-state index in [2.05, 4.69) is 66.4 Å². The van der Waals surface area contributed by atoms with Crippen LogP contribution in [0.3, 0.4) is 0 Å². The van der Waals surface area contributed by atoms with Gasteiger partial charge in [0.1, 0.15) is 5.82 Å². The number of benzene rings is 1. The molecule has 106 valence electrons. The Bertz CT molecular complexity index is 551. The first-order valence-electron chi connectivity index (χ1n) is 7.15. The van der Waals surface area contributed by atoms with Gasteiger partial charge in [0.2, 0.25) is 0 Å². The molecule has 0 spiro atoms. The lowest BCUT2D eigenvalue weighted by Crippen LogP contribution is -2.16. The maximum absolute atomic E-state index is 4.34. The van der Waals surface area contributed by atoms with E-state index < -0.39 is 0 Å². The van der Waals surface area contributed by atoms with Crippen molar-refractivity contribution in [2.75, 3.05) is 23.8 Å². The highest BCUT2D eigenvalue weighted by Gasteiger charge is 2.04. The highest BCUT2D eigenvalue weighted by atomic mass is 15.1. The number of nitrogens with one attached hydrogen (secondary N) is 1. The van der Waals surface area contributed by atoms with Gasteiger partial charge in [0, 0.05) is 38.1 Å². The maximum Gasteiger partial charge on any atom is 0.127 e. The molecule has 1 aromatic carbocycles. The van der Waals surface area contributed by atoms with Gasteiger partial charge in [-0.15, -0.1) is 0 Å². The van der Waals surface area contributed by atoms with Gasteiger partial charge in [0.05, 0.1) is 0 Å². The van der Waals surface area contributed by atoms with E-state index in [1.807, 2.05) is 12.3 Å². The van der Waals surface area contributed by atoms with Crippen molar-refractivity contribution in [3.63, 3.8) is 0 Å². The van der Waals surface area contributed by atoms with Gasteiger partial charge in [-0.3, -0.25) is 0 Å². The quantitative estimate of drug-likeness (QED) is 0.863. The first kappa shape index (κ1) is 14.4. The summed E-state index contributed by atoms with van der Waals surface area (Å²) in [5.74, 6) is 0.945. The van der Waals surface area contributed by atoms with Crippen molar-refractivity contribution in [3.8, 4) is 0 Å². The summed E-state index contributed by atoms with van der Waals surface area (Å²) in [7, 11) is 2.11. The molecule has 1 aromatic heterocycles. The topological polar surface area (TPSA) is 28.2 Å². The van der Waals surface area contributed by atoms with Gasteiger partial charge in [-0.2, -0.15) is 0 Å². The molecule has 0 radical (unpaired) electrons. The molecule has 2 rings (SSSR count). The molecule has 0 saturated carbocycles. The van der Waals surface area contributed by atoms with Crippen LogP contribution in [0, 0.1) is 6.92 Å². The van der Waals surface area contributed by atoms with Crippen molar-refractivity contribution in [3.05, 3.63) is 53.7 Å². The Labute approximate surface area is 121 Å². The monoisotopic (exact) mass is 269 g/mol. The molecule has 0 atom stereocenters. The van der Waals surface area contributed by atoms with Crippen molar-refractivity contribution >= 4 is 11.5 Å². The zero-order valence-corrected chi connectivity index (χ0v) is 12.6. The predicted octanol–water partition coefficient (Wildman–Crippen LogP) is 3.85. The molecule has 1 N–H and O–H groups in total. The number of aromatic nitrogens is 1. The summed E-state index contributed by atoms with van der Waals surface area (Å²) in [6.07, 6.45) is 2.96. The summed E-state index contributed by atoms with van der Waals surface area (Å²) in [6.45, 7) is 6.14. The fourth-order valence-corrected chi connectivity index (χ4v) is 2.18. The molecule has 2 aromatic rings. The van der Waals surface area contributed by atoms with Crippen LogP contribution in [0.2, 0.25) is 0 Å². The molecular weight excluding hydrogens is 246 g/mol. The van der Waals surface area contributed by atoms with Gasteiger partial charge in [0.25, 0.3) is 0 Å². The third kappa shape index (κ3) is 3.98. The summed E-state index contributed by atoms with van der Waals surface area (Å²) in [6, 6.07) is 12.8. The molecule has 0 unspecified atom stereocenters. The number of aryl methyl sites for hydroxylation is 1. The molecule has 0 aliphatic rings. The summed E-state index contributed by atoms with van der Waals surface area (Å²) >= 11 is 0. The largest absolute Gasteiger partial charge is 0.370 e. The standard InChI is InChI=1S/C17H23N3/c1-4-9-18-17-12-16(8-10-19-17)20(3)13-15-7-5-6-14(2)11-15/h5-8,10-12H,4,9,13H2,1-3H3,(H,18,19). The average Bonchev–Trinajstić information content (AvgIpc) is 2.45.